The number of aliphatic hydroxyl groups excluding tert-OH is 1. The Bertz CT molecular complexity index is 612. The van der Waals surface area contributed by atoms with E-state index in [-0.39, 0.29) is 12.6 Å². The summed E-state index contributed by atoms with van der Waals surface area (Å²) in [4.78, 5) is 10.9. The molecule has 0 saturated carbocycles. The largest absolute Gasteiger partial charge is 0.427 e. The highest BCUT2D eigenvalue weighted by atomic mass is 16.5. The van der Waals surface area contributed by atoms with Crippen molar-refractivity contribution in [2.45, 2.75) is 6.92 Å². The highest BCUT2D eigenvalue weighted by molar-refractivity contribution is 5.71. The number of esters is 1. The lowest BCUT2D eigenvalue weighted by Gasteiger charge is -2.05. The molecule has 0 unspecified atom stereocenters. The van der Waals surface area contributed by atoms with E-state index in [2.05, 4.69) is 0 Å². The van der Waals surface area contributed by atoms with E-state index in [1.807, 2.05) is 42.5 Å². The Kier molecular flexibility index (Phi) is 4.69. The van der Waals surface area contributed by atoms with Crippen molar-refractivity contribution in [1.29, 1.82) is 0 Å². The zero-order chi connectivity index (χ0) is 14.4. The van der Waals surface area contributed by atoms with Gasteiger partial charge in [-0.05, 0) is 34.9 Å². The molecule has 0 fully saturated rings. The maximum absolute atomic E-state index is 10.9. The lowest BCUT2D eigenvalue weighted by atomic mass is 10.0. The monoisotopic (exact) mass is 268 g/mol. The third kappa shape index (κ3) is 3.80. The average Bonchev–Trinajstić information content (AvgIpc) is 2.45. The first-order valence-corrected chi connectivity index (χ1v) is 6.35. The van der Waals surface area contributed by atoms with Crippen LogP contribution in [0.1, 0.15) is 12.5 Å². The topological polar surface area (TPSA) is 46.5 Å². The van der Waals surface area contributed by atoms with Crippen LogP contribution in [0.5, 0.6) is 5.75 Å². The van der Waals surface area contributed by atoms with Crippen LogP contribution in [0.2, 0.25) is 0 Å². The predicted molar refractivity (Wildman–Crippen MR) is 79.3 cm³/mol. The molecule has 0 aliphatic heterocycles. The van der Waals surface area contributed by atoms with Crippen molar-refractivity contribution in [3.63, 3.8) is 0 Å². The Hall–Kier alpha value is -2.39. The maximum atomic E-state index is 10.9. The van der Waals surface area contributed by atoms with Crippen molar-refractivity contribution < 1.29 is 14.6 Å². The van der Waals surface area contributed by atoms with Gasteiger partial charge in [-0.25, -0.2) is 0 Å². The summed E-state index contributed by atoms with van der Waals surface area (Å²) in [7, 11) is 0. The van der Waals surface area contributed by atoms with Gasteiger partial charge in [0, 0.05) is 6.92 Å². The second-order valence-electron chi connectivity index (χ2n) is 4.33. The number of hydrogen-bond donors (Lipinski definition) is 1. The first-order valence-electron chi connectivity index (χ1n) is 6.35. The fourth-order valence-electron chi connectivity index (χ4n) is 1.89. The summed E-state index contributed by atoms with van der Waals surface area (Å²) in [6, 6.07) is 15.3. The van der Waals surface area contributed by atoms with E-state index >= 15 is 0 Å². The SMILES string of the molecule is CC(=O)Oc1ccc(-c2cccc(/C=C/CO)c2)cc1. The summed E-state index contributed by atoms with van der Waals surface area (Å²) in [5, 5.41) is 8.79. The van der Waals surface area contributed by atoms with E-state index in [0.29, 0.717) is 5.75 Å². The van der Waals surface area contributed by atoms with E-state index in [1.54, 1.807) is 18.2 Å². The quantitative estimate of drug-likeness (QED) is 0.683. The lowest BCUT2D eigenvalue weighted by molar-refractivity contribution is -0.131. The number of benzene rings is 2. The summed E-state index contributed by atoms with van der Waals surface area (Å²) in [6.45, 7) is 1.41. The molecule has 2 aromatic carbocycles. The van der Waals surface area contributed by atoms with E-state index in [0.717, 1.165) is 16.7 Å². The summed E-state index contributed by atoms with van der Waals surface area (Å²) in [5.74, 6) is 0.214. The smallest absolute Gasteiger partial charge is 0.308 e. The van der Waals surface area contributed by atoms with E-state index in [1.165, 1.54) is 6.92 Å². The molecule has 0 atom stereocenters. The molecule has 0 heterocycles. The first kappa shape index (κ1) is 14.0. The number of aliphatic hydroxyl groups is 1. The standard InChI is InChI=1S/C17H16O3/c1-13(19)20-17-9-7-15(8-10-17)16-6-2-4-14(12-16)5-3-11-18/h2-10,12,18H,11H2,1H3/b5-3+. The molecule has 0 bridgehead atoms. The minimum atomic E-state index is -0.325. The van der Waals surface area contributed by atoms with Crippen molar-refractivity contribution in [2.75, 3.05) is 6.61 Å². The van der Waals surface area contributed by atoms with Crippen LogP contribution < -0.4 is 4.74 Å². The van der Waals surface area contributed by atoms with Crippen LogP contribution in [0.25, 0.3) is 17.2 Å². The second-order valence-corrected chi connectivity index (χ2v) is 4.33. The van der Waals surface area contributed by atoms with Gasteiger partial charge in [0.15, 0.2) is 0 Å². The van der Waals surface area contributed by atoms with Crippen LogP contribution in [0.3, 0.4) is 0 Å². The van der Waals surface area contributed by atoms with Gasteiger partial charge in [0.25, 0.3) is 0 Å². The van der Waals surface area contributed by atoms with Gasteiger partial charge >= 0.3 is 5.97 Å². The summed E-state index contributed by atoms with van der Waals surface area (Å²) < 4.78 is 5.00. The lowest BCUT2D eigenvalue weighted by Crippen LogP contribution is -2.00. The first-order chi connectivity index (χ1) is 9.69. The molecule has 0 saturated heterocycles. The number of carbonyl (C=O) groups excluding carboxylic acids is 1. The number of hydrogen-bond acceptors (Lipinski definition) is 3. The number of ether oxygens (including phenoxy) is 1. The summed E-state index contributed by atoms with van der Waals surface area (Å²) >= 11 is 0. The van der Waals surface area contributed by atoms with Gasteiger partial charge in [0.2, 0.25) is 0 Å². The fraction of sp³-hybridized carbons (Fsp3) is 0.118. The summed E-state index contributed by atoms with van der Waals surface area (Å²) in [6.07, 6.45) is 3.57. The number of rotatable bonds is 4. The van der Waals surface area contributed by atoms with Gasteiger partial charge < -0.3 is 9.84 Å². The molecular formula is C17H16O3. The Morgan fingerprint density at radius 1 is 1.15 bits per heavy atom. The van der Waals surface area contributed by atoms with Gasteiger partial charge in [-0.1, -0.05) is 42.5 Å². The molecule has 3 heteroatoms. The zero-order valence-corrected chi connectivity index (χ0v) is 11.2. The summed E-state index contributed by atoms with van der Waals surface area (Å²) in [5.41, 5.74) is 3.14. The molecule has 0 aromatic heterocycles. The normalized spacial score (nSPS) is 10.7. The third-order valence-corrected chi connectivity index (χ3v) is 2.75. The van der Waals surface area contributed by atoms with Crippen LogP contribution in [0.15, 0.2) is 54.6 Å². The maximum Gasteiger partial charge on any atom is 0.308 e. The molecule has 2 aromatic rings. The Balaban J connectivity index is 2.23. The average molecular weight is 268 g/mol. The van der Waals surface area contributed by atoms with Gasteiger partial charge in [0.1, 0.15) is 5.75 Å². The predicted octanol–water partition coefficient (Wildman–Crippen LogP) is 3.28. The van der Waals surface area contributed by atoms with E-state index in [9.17, 15) is 4.79 Å². The molecule has 2 rings (SSSR count). The molecular weight excluding hydrogens is 252 g/mol. The molecule has 0 spiro atoms. The van der Waals surface area contributed by atoms with Crippen molar-refractivity contribution in [3.8, 4) is 16.9 Å². The van der Waals surface area contributed by atoms with Crippen LogP contribution in [-0.4, -0.2) is 17.7 Å². The van der Waals surface area contributed by atoms with E-state index in [4.69, 9.17) is 9.84 Å². The van der Waals surface area contributed by atoms with Crippen molar-refractivity contribution in [2.24, 2.45) is 0 Å². The van der Waals surface area contributed by atoms with Crippen molar-refractivity contribution >= 4 is 12.0 Å². The van der Waals surface area contributed by atoms with E-state index < -0.39 is 0 Å². The van der Waals surface area contributed by atoms with Crippen LogP contribution >= 0.6 is 0 Å². The molecule has 0 aliphatic rings. The van der Waals surface area contributed by atoms with Gasteiger partial charge in [-0.2, -0.15) is 0 Å². The molecule has 0 aliphatic carbocycles. The molecule has 0 amide bonds. The van der Waals surface area contributed by atoms with Gasteiger partial charge in [-0.15, -0.1) is 0 Å². The Morgan fingerprint density at radius 2 is 1.90 bits per heavy atom. The highest BCUT2D eigenvalue weighted by Crippen LogP contribution is 2.23. The van der Waals surface area contributed by atoms with Crippen LogP contribution in [-0.2, 0) is 4.79 Å². The fourth-order valence-corrected chi connectivity index (χ4v) is 1.89. The molecule has 0 radical (unpaired) electrons. The number of carbonyl (C=O) groups is 1. The Labute approximate surface area is 118 Å². The van der Waals surface area contributed by atoms with Gasteiger partial charge in [0.05, 0.1) is 6.61 Å². The van der Waals surface area contributed by atoms with Crippen LogP contribution in [0, 0.1) is 0 Å². The van der Waals surface area contributed by atoms with Gasteiger partial charge in [-0.3, -0.25) is 4.79 Å². The van der Waals surface area contributed by atoms with Crippen LogP contribution in [0.4, 0.5) is 0 Å². The highest BCUT2D eigenvalue weighted by Gasteiger charge is 2.01. The molecule has 1 N–H and O–H groups in total. The molecule has 20 heavy (non-hydrogen) atoms. The Morgan fingerprint density at radius 3 is 2.55 bits per heavy atom. The minimum absolute atomic E-state index is 0.0291. The molecule has 102 valence electrons. The second kappa shape index (κ2) is 6.68. The van der Waals surface area contributed by atoms with Crippen molar-refractivity contribution in [3.05, 3.63) is 60.2 Å². The minimum Gasteiger partial charge on any atom is -0.427 e. The van der Waals surface area contributed by atoms with Crippen molar-refractivity contribution in [1.82, 2.24) is 0 Å². The molecule has 3 nitrogen and oxygen atoms in total. The third-order valence-electron chi connectivity index (χ3n) is 2.75. The zero-order valence-electron chi connectivity index (χ0n) is 11.2.